The third kappa shape index (κ3) is 3.59. The summed E-state index contributed by atoms with van der Waals surface area (Å²) in [4.78, 5) is 14.3. The molecule has 1 unspecified atom stereocenters. The molecule has 1 aliphatic rings. The molecule has 26 heavy (non-hydrogen) atoms. The highest BCUT2D eigenvalue weighted by molar-refractivity contribution is 6.31. The maximum absolute atomic E-state index is 14.8. The minimum Gasteiger partial charge on any atom is -0.379 e. The van der Waals surface area contributed by atoms with Crippen LogP contribution >= 0.6 is 11.6 Å². The highest BCUT2D eigenvalue weighted by Crippen LogP contribution is 2.35. The van der Waals surface area contributed by atoms with Crippen LogP contribution in [0.5, 0.6) is 0 Å². The van der Waals surface area contributed by atoms with Crippen molar-refractivity contribution in [1.29, 1.82) is 0 Å². The molecule has 7 heteroatoms. The number of nitrogens with two attached hydrogens (primary N) is 1. The van der Waals surface area contributed by atoms with Crippen LogP contribution in [0.25, 0.3) is 0 Å². The Morgan fingerprint density at radius 1 is 1.27 bits per heavy atom. The van der Waals surface area contributed by atoms with Crippen LogP contribution < -0.4 is 5.73 Å². The van der Waals surface area contributed by atoms with E-state index in [1.807, 2.05) is 0 Å². The molecular formula is C19H20ClFN2O3. The maximum atomic E-state index is 14.8. The summed E-state index contributed by atoms with van der Waals surface area (Å²) in [5.41, 5.74) is 3.78. The van der Waals surface area contributed by atoms with Crippen LogP contribution in [0.2, 0.25) is 5.02 Å². The number of carbonyl (C=O) groups excluding carboxylic acids is 1. The number of primary amides is 1. The van der Waals surface area contributed by atoms with Crippen LogP contribution in [0, 0.1) is 5.82 Å². The molecule has 0 radical (unpaired) electrons. The van der Waals surface area contributed by atoms with Gasteiger partial charge in [0.2, 0.25) is 0 Å². The lowest BCUT2D eigenvalue weighted by Crippen LogP contribution is -2.43. The average molecular weight is 379 g/mol. The normalized spacial score (nSPS) is 17.7. The third-order valence-corrected chi connectivity index (χ3v) is 4.81. The summed E-state index contributed by atoms with van der Waals surface area (Å²) < 4.78 is 20.1. The number of amides is 1. The van der Waals surface area contributed by atoms with Crippen LogP contribution in [-0.4, -0.2) is 42.2 Å². The molecule has 5 nitrogen and oxygen atoms in total. The third-order valence-electron chi connectivity index (χ3n) is 4.54. The van der Waals surface area contributed by atoms with Crippen LogP contribution in [-0.2, 0) is 21.7 Å². The van der Waals surface area contributed by atoms with Gasteiger partial charge < -0.3 is 15.6 Å². The number of hydrogen-bond donors (Lipinski definition) is 2. The van der Waals surface area contributed by atoms with Gasteiger partial charge in [-0.1, -0.05) is 41.9 Å². The molecule has 0 bridgehead atoms. The molecule has 1 amide bonds. The van der Waals surface area contributed by atoms with Crippen molar-refractivity contribution in [3.05, 3.63) is 70.0 Å². The van der Waals surface area contributed by atoms with E-state index in [1.165, 1.54) is 24.3 Å². The Bertz CT molecular complexity index is 797. The number of hydrogen-bond acceptors (Lipinski definition) is 4. The predicted octanol–water partition coefficient (Wildman–Crippen LogP) is 2.03. The molecule has 1 fully saturated rings. The van der Waals surface area contributed by atoms with E-state index < -0.39 is 17.3 Å². The fourth-order valence-electron chi connectivity index (χ4n) is 3.13. The van der Waals surface area contributed by atoms with Crippen LogP contribution in [0.3, 0.4) is 0 Å². The summed E-state index contributed by atoms with van der Waals surface area (Å²) in [5.74, 6) is -1.93. The van der Waals surface area contributed by atoms with Gasteiger partial charge in [-0.05, 0) is 23.3 Å². The van der Waals surface area contributed by atoms with E-state index in [-0.39, 0.29) is 16.1 Å². The Balaban J connectivity index is 2.05. The minimum atomic E-state index is -2.31. The van der Waals surface area contributed by atoms with Gasteiger partial charge in [0.25, 0.3) is 5.91 Å². The number of aliphatic hydroxyl groups is 1. The van der Waals surface area contributed by atoms with Gasteiger partial charge in [0.05, 0.1) is 18.2 Å². The zero-order chi connectivity index (χ0) is 18.7. The molecule has 1 atom stereocenters. The van der Waals surface area contributed by atoms with Gasteiger partial charge in [-0.2, -0.15) is 0 Å². The van der Waals surface area contributed by atoms with Gasteiger partial charge in [0.1, 0.15) is 5.82 Å². The molecule has 0 aromatic heterocycles. The highest BCUT2D eigenvalue weighted by Gasteiger charge is 2.41. The topological polar surface area (TPSA) is 75.8 Å². The van der Waals surface area contributed by atoms with Gasteiger partial charge in [-0.3, -0.25) is 9.69 Å². The first-order chi connectivity index (χ1) is 12.4. The van der Waals surface area contributed by atoms with Gasteiger partial charge in [-0.25, -0.2) is 4.39 Å². The van der Waals surface area contributed by atoms with Crippen molar-refractivity contribution in [2.75, 3.05) is 26.3 Å². The van der Waals surface area contributed by atoms with Crippen molar-refractivity contribution in [2.45, 2.75) is 12.1 Å². The van der Waals surface area contributed by atoms with Gasteiger partial charge >= 0.3 is 0 Å². The van der Waals surface area contributed by atoms with Gasteiger partial charge in [-0.15, -0.1) is 0 Å². The molecule has 1 saturated heterocycles. The second-order valence-electron chi connectivity index (χ2n) is 6.27. The standard InChI is InChI=1S/C19H20ClFN2O3/c20-16-11-13(12-23-6-8-26-9-7-23)10-15(17(16)21)19(25,18(22)24)14-4-2-1-3-5-14/h1-5,10-11,25H,6-9,12H2,(H2,22,24). The van der Waals surface area contributed by atoms with E-state index in [4.69, 9.17) is 22.1 Å². The summed E-state index contributed by atoms with van der Waals surface area (Å²) >= 11 is 6.05. The maximum Gasteiger partial charge on any atom is 0.258 e. The zero-order valence-electron chi connectivity index (χ0n) is 14.1. The smallest absolute Gasteiger partial charge is 0.258 e. The molecule has 3 rings (SSSR count). The Morgan fingerprint density at radius 3 is 2.54 bits per heavy atom. The number of morpholine rings is 1. The predicted molar refractivity (Wildman–Crippen MR) is 96.1 cm³/mol. The number of halogens is 2. The Hall–Kier alpha value is -1.99. The second-order valence-corrected chi connectivity index (χ2v) is 6.68. The summed E-state index contributed by atoms with van der Waals surface area (Å²) in [6.07, 6.45) is 0. The van der Waals surface area contributed by atoms with E-state index in [0.29, 0.717) is 25.3 Å². The van der Waals surface area contributed by atoms with E-state index in [0.717, 1.165) is 13.1 Å². The molecule has 1 aliphatic heterocycles. The number of ether oxygens (including phenoxy) is 1. The molecule has 0 spiro atoms. The lowest BCUT2D eigenvalue weighted by atomic mass is 9.84. The van der Waals surface area contributed by atoms with Crippen molar-refractivity contribution in [1.82, 2.24) is 4.90 Å². The molecule has 2 aromatic carbocycles. The first kappa shape index (κ1) is 18.8. The van der Waals surface area contributed by atoms with E-state index >= 15 is 0 Å². The number of benzene rings is 2. The molecule has 138 valence electrons. The van der Waals surface area contributed by atoms with Gasteiger partial charge in [0, 0.05) is 25.2 Å². The Kier molecular flexibility index (Phi) is 5.58. The molecule has 1 heterocycles. The van der Waals surface area contributed by atoms with Crippen molar-refractivity contribution in [3.63, 3.8) is 0 Å². The van der Waals surface area contributed by atoms with Crippen molar-refractivity contribution >= 4 is 17.5 Å². The second kappa shape index (κ2) is 7.72. The summed E-state index contributed by atoms with van der Waals surface area (Å²) in [5, 5.41) is 10.9. The average Bonchev–Trinajstić information content (AvgIpc) is 2.65. The van der Waals surface area contributed by atoms with Crippen LogP contribution in [0.4, 0.5) is 4.39 Å². The zero-order valence-corrected chi connectivity index (χ0v) is 14.9. The van der Waals surface area contributed by atoms with Crippen molar-refractivity contribution in [2.24, 2.45) is 5.73 Å². The molecular weight excluding hydrogens is 359 g/mol. The lowest BCUT2D eigenvalue weighted by molar-refractivity contribution is -0.133. The van der Waals surface area contributed by atoms with Crippen LogP contribution in [0.1, 0.15) is 16.7 Å². The minimum absolute atomic E-state index is 0.165. The van der Waals surface area contributed by atoms with E-state index in [2.05, 4.69) is 4.90 Å². The fourth-order valence-corrected chi connectivity index (χ4v) is 3.37. The monoisotopic (exact) mass is 378 g/mol. The highest BCUT2D eigenvalue weighted by atomic mass is 35.5. The van der Waals surface area contributed by atoms with Crippen molar-refractivity contribution < 1.29 is 19.0 Å². The Labute approximate surface area is 156 Å². The number of nitrogens with zero attached hydrogens (tertiary/aromatic N) is 1. The Morgan fingerprint density at radius 2 is 1.92 bits per heavy atom. The summed E-state index contributed by atoms with van der Waals surface area (Å²) in [7, 11) is 0. The summed E-state index contributed by atoms with van der Waals surface area (Å²) in [6.45, 7) is 3.22. The number of rotatable bonds is 5. The van der Waals surface area contributed by atoms with Crippen LogP contribution in [0.15, 0.2) is 42.5 Å². The lowest BCUT2D eigenvalue weighted by Gasteiger charge is -2.29. The molecule has 3 N–H and O–H groups in total. The number of carbonyl (C=O) groups is 1. The molecule has 0 saturated carbocycles. The van der Waals surface area contributed by atoms with E-state index in [9.17, 15) is 14.3 Å². The molecule has 2 aromatic rings. The van der Waals surface area contributed by atoms with Gasteiger partial charge in [0.15, 0.2) is 5.60 Å². The quantitative estimate of drug-likeness (QED) is 0.834. The van der Waals surface area contributed by atoms with E-state index in [1.54, 1.807) is 18.2 Å². The SMILES string of the molecule is NC(=O)C(O)(c1ccccc1)c1cc(CN2CCOCC2)cc(Cl)c1F. The van der Waals surface area contributed by atoms with Crippen molar-refractivity contribution in [3.8, 4) is 0 Å². The molecule has 0 aliphatic carbocycles. The largest absolute Gasteiger partial charge is 0.379 e. The first-order valence-electron chi connectivity index (χ1n) is 8.29. The first-order valence-corrected chi connectivity index (χ1v) is 8.67. The fraction of sp³-hybridized carbons (Fsp3) is 0.316. The summed E-state index contributed by atoms with van der Waals surface area (Å²) in [6, 6.07) is 11.0.